The molecule has 4 N–H and O–H groups in total. The molecule has 1 rings (SSSR count). The van der Waals surface area contributed by atoms with Gasteiger partial charge in [-0.25, -0.2) is 0 Å². The van der Waals surface area contributed by atoms with Crippen molar-refractivity contribution in [2.24, 2.45) is 11.1 Å². The van der Waals surface area contributed by atoms with Crippen LogP contribution in [0.1, 0.15) is 53.4 Å². The predicted molar refractivity (Wildman–Crippen MR) is 152 cm³/mol. The lowest BCUT2D eigenvalue weighted by molar-refractivity contribution is -0.140. The van der Waals surface area contributed by atoms with Crippen molar-refractivity contribution in [3.63, 3.8) is 0 Å². The highest BCUT2D eigenvalue weighted by molar-refractivity contribution is 8.04. The third-order valence-electron chi connectivity index (χ3n) is 6.12. The van der Waals surface area contributed by atoms with E-state index in [0.29, 0.717) is 28.4 Å². The lowest BCUT2D eigenvalue weighted by Crippen LogP contribution is -2.52. The van der Waals surface area contributed by atoms with Crippen molar-refractivity contribution in [2.75, 3.05) is 25.2 Å². The minimum absolute atomic E-state index is 0.0145. The minimum Gasteiger partial charge on any atom is -0.360 e. The van der Waals surface area contributed by atoms with Crippen LogP contribution < -0.4 is 16.4 Å². The molecule has 0 aromatic carbocycles. The molecule has 1 amide bonds. The third-order valence-corrected chi connectivity index (χ3v) is 9.33. The Bertz CT molecular complexity index is 776. The molecule has 0 heterocycles. The number of thioether (sulfide) groups is 2. The van der Waals surface area contributed by atoms with Gasteiger partial charge in [0.15, 0.2) is 0 Å². The zero-order chi connectivity index (χ0) is 27.5. The van der Waals surface area contributed by atoms with Crippen molar-refractivity contribution in [3.8, 4) is 0 Å². The molecule has 1 aliphatic rings. The van der Waals surface area contributed by atoms with Crippen LogP contribution in [0.2, 0.25) is 0 Å². The fraction of sp³-hybridized carbons (Fsp3) is 0.818. The van der Waals surface area contributed by atoms with Crippen LogP contribution in [0.5, 0.6) is 0 Å². The lowest BCUT2D eigenvalue weighted by atomic mass is 9.51. The van der Waals surface area contributed by atoms with E-state index in [9.17, 15) is 19.2 Å². The van der Waals surface area contributed by atoms with E-state index in [1.54, 1.807) is 51.3 Å². The molecule has 5 unspecified atom stereocenters. The van der Waals surface area contributed by atoms with E-state index in [1.807, 2.05) is 0 Å². The molecule has 0 spiro atoms. The molecule has 0 aromatic heterocycles. The summed E-state index contributed by atoms with van der Waals surface area (Å²) in [4.78, 5) is 48.5. The molecule has 36 heavy (non-hydrogen) atoms. The van der Waals surface area contributed by atoms with Gasteiger partial charge in [0.25, 0.3) is 0 Å². The van der Waals surface area contributed by atoms with E-state index in [2.05, 4.69) is 10.6 Å². The molecule has 0 bridgehead atoms. The van der Waals surface area contributed by atoms with Gasteiger partial charge in [-0.05, 0) is 54.0 Å². The maximum atomic E-state index is 13.0. The van der Waals surface area contributed by atoms with Crippen LogP contribution in [-0.2, 0) is 23.9 Å². The number of ether oxygens (including phenoxy) is 1. The maximum absolute atomic E-state index is 13.0. The Kier molecular flexibility index (Phi) is 14.5. The summed E-state index contributed by atoms with van der Waals surface area (Å²) in [5.41, 5.74) is 3.61. The van der Waals surface area contributed by atoms with Crippen LogP contribution in [0, 0.1) is 5.41 Å². The highest BCUT2D eigenvalue weighted by Crippen LogP contribution is 2.40. The summed E-state index contributed by atoms with van der Waals surface area (Å²) in [5, 5.41) is 6.46. The molecule has 5 atom stereocenters. The molecule has 14 heteroatoms. The SMILES string of the molecule is [B][B]C(=O)C(CSC1CCC1SCC(NC(=O)C(C)(C)COC(C)(N)CCC(C)=O)C(=O)[B][B])NC. The van der Waals surface area contributed by atoms with Gasteiger partial charge in [-0.15, -0.1) is 0 Å². The van der Waals surface area contributed by atoms with Crippen molar-refractivity contribution >= 4 is 76.4 Å². The molecule has 1 aliphatic carbocycles. The normalized spacial score (nSPS) is 20.8. The lowest BCUT2D eigenvalue weighted by Gasteiger charge is -2.37. The molecule has 1 saturated carbocycles. The van der Waals surface area contributed by atoms with E-state index in [4.69, 9.17) is 25.9 Å². The Labute approximate surface area is 228 Å². The van der Waals surface area contributed by atoms with E-state index in [0.717, 1.165) is 27.2 Å². The molecule has 6 radical (unpaired) electrons. The Morgan fingerprint density at radius 2 is 1.53 bits per heavy atom. The van der Waals surface area contributed by atoms with E-state index in [-0.39, 0.29) is 42.1 Å². The van der Waals surface area contributed by atoms with E-state index in [1.165, 1.54) is 6.92 Å². The number of carbonyl (C=O) groups is 4. The topological polar surface area (TPSA) is 128 Å². The fourth-order valence-corrected chi connectivity index (χ4v) is 6.49. The fourth-order valence-electron chi connectivity index (χ4n) is 3.26. The number of amides is 1. The van der Waals surface area contributed by atoms with Crippen LogP contribution in [0.4, 0.5) is 0 Å². The number of ketones is 1. The zero-order valence-electron chi connectivity index (χ0n) is 22.0. The average molecular weight is 531 g/mol. The number of nitrogens with one attached hydrogen (secondary N) is 2. The summed E-state index contributed by atoms with van der Waals surface area (Å²) >= 11 is 3.34. The van der Waals surface area contributed by atoms with E-state index < -0.39 is 17.2 Å². The van der Waals surface area contributed by atoms with E-state index >= 15 is 0 Å². The van der Waals surface area contributed by atoms with Gasteiger partial charge in [0.05, 0.1) is 35.5 Å². The third kappa shape index (κ3) is 11.4. The van der Waals surface area contributed by atoms with Crippen LogP contribution in [-0.4, -0.2) is 106 Å². The first-order chi connectivity index (χ1) is 16.8. The highest BCUT2D eigenvalue weighted by Gasteiger charge is 2.36. The molecule has 194 valence electrons. The van der Waals surface area contributed by atoms with Crippen LogP contribution >= 0.6 is 23.5 Å². The molecular formula is C22H37B4N3O5S2. The minimum atomic E-state index is -1.05. The zero-order valence-corrected chi connectivity index (χ0v) is 23.6. The molecule has 0 aromatic rings. The van der Waals surface area contributed by atoms with Gasteiger partial charge in [0, 0.05) is 43.9 Å². The number of carbonyl (C=O) groups excluding carboxylic acids is 4. The predicted octanol–water partition coefficient (Wildman–Crippen LogP) is -0.228. The van der Waals surface area contributed by atoms with Gasteiger partial charge in [-0.1, -0.05) is 0 Å². The standard InChI is InChI=1S/C22H37B4N3O5S2/c1-13(30)8-9-22(4,27)34-12-21(2,3)20(33)29-15(19(32)26-24)11-36-17-7-6-16(17)35-10-14(28-5)18(31)25-23/h14-17,28H,6-12,27H2,1-5H3,(H,29,33). The summed E-state index contributed by atoms with van der Waals surface area (Å²) in [6.45, 7) is 6.60. The summed E-state index contributed by atoms with van der Waals surface area (Å²) in [6, 6.07) is -1.09. The van der Waals surface area contributed by atoms with Crippen LogP contribution in [0.25, 0.3) is 0 Å². The van der Waals surface area contributed by atoms with Crippen molar-refractivity contribution in [3.05, 3.63) is 0 Å². The largest absolute Gasteiger partial charge is 0.360 e. The number of likely N-dealkylation sites (N-methyl/N-ethyl adjacent to an activating group) is 1. The molecule has 8 nitrogen and oxygen atoms in total. The van der Waals surface area contributed by atoms with Crippen molar-refractivity contribution < 1.29 is 23.9 Å². The summed E-state index contributed by atoms with van der Waals surface area (Å²) in [5.74, 6) is 0.662. The van der Waals surface area contributed by atoms with Crippen LogP contribution in [0.3, 0.4) is 0 Å². The summed E-state index contributed by atoms with van der Waals surface area (Å²) in [7, 11) is 14.6. The molecule has 0 saturated heterocycles. The van der Waals surface area contributed by atoms with Crippen molar-refractivity contribution in [2.45, 2.75) is 81.7 Å². The Balaban J connectivity index is 2.63. The summed E-state index contributed by atoms with van der Waals surface area (Å²) < 4.78 is 5.75. The van der Waals surface area contributed by atoms with Gasteiger partial charge < -0.3 is 35.5 Å². The second-order valence-corrected chi connectivity index (χ2v) is 12.6. The Morgan fingerprint density at radius 1 is 1.03 bits per heavy atom. The monoisotopic (exact) mass is 531 g/mol. The van der Waals surface area contributed by atoms with Gasteiger partial charge in [-0.3, -0.25) is 4.79 Å². The molecule has 1 fully saturated rings. The average Bonchev–Trinajstić information content (AvgIpc) is 2.81. The number of hydrogen-bond donors (Lipinski definition) is 3. The first-order valence-electron chi connectivity index (χ1n) is 12.1. The Morgan fingerprint density at radius 3 is 1.97 bits per heavy atom. The maximum Gasteiger partial charge on any atom is 0.228 e. The smallest absolute Gasteiger partial charge is 0.228 e. The van der Waals surface area contributed by atoms with Gasteiger partial charge >= 0.3 is 0 Å². The highest BCUT2D eigenvalue weighted by atomic mass is 32.2. The van der Waals surface area contributed by atoms with Gasteiger partial charge in [0.2, 0.25) is 5.91 Å². The molecule has 0 aliphatic heterocycles. The summed E-state index contributed by atoms with van der Waals surface area (Å²) in [6.07, 6.45) is 2.66. The quantitative estimate of drug-likeness (QED) is 0.153. The number of rotatable bonds is 19. The van der Waals surface area contributed by atoms with Crippen molar-refractivity contribution in [1.82, 2.24) is 10.6 Å². The number of hydrogen-bond acceptors (Lipinski definition) is 9. The second-order valence-electron chi connectivity index (χ2n) is 10.0. The van der Waals surface area contributed by atoms with Gasteiger partial charge in [-0.2, -0.15) is 23.5 Å². The van der Waals surface area contributed by atoms with Gasteiger partial charge in [0.1, 0.15) is 25.8 Å². The Hall–Kier alpha value is -0.680. The van der Waals surface area contributed by atoms with Crippen molar-refractivity contribution in [1.29, 1.82) is 0 Å². The first kappa shape index (κ1) is 33.3. The first-order valence-corrected chi connectivity index (χ1v) is 14.2. The second kappa shape index (κ2) is 15.7. The number of Topliss-reactive ketones (excluding diaryl/α,β-unsaturated/α-hetero) is 1. The number of nitrogens with two attached hydrogens (primary N) is 1. The van der Waals surface area contributed by atoms with Crippen LogP contribution in [0.15, 0.2) is 0 Å². The molecular weight excluding hydrogens is 494 g/mol.